The number of ether oxygens (including phenoxy) is 4. The smallest absolute Gasteiger partial charge is 0.408 e. The van der Waals surface area contributed by atoms with Crippen molar-refractivity contribution in [2.24, 2.45) is 17.8 Å². The van der Waals surface area contributed by atoms with Crippen molar-refractivity contribution in [3.8, 4) is 0 Å². The highest BCUT2D eigenvalue weighted by molar-refractivity contribution is 5.84. The summed E-state index contributed by atoms with van der Waals surface area (Å²) in [7, 11) is 0. The number of carbonyl (C=O) groups excluding carboxylic acids is 2. The van der Waals surface area contributed by atoms with Crippen molar-refractivity contribution in [3.63, 3.8) is 0 Å². The normalized spacial score (nSPS) is 26.7. The SMILES string of the molecule is CC(C)(C)OC(=O)N[C@@H](COCCC1CC1)[C@@]1(Cc2nccc3c2C[C@H](CCC2CC2)C3)OC(C)(C)OC1=O. The zero-order valence-electron chi connectivity index (χ0n) is 24.3. The summed E-state index contributed by atoms with van der Waals surface area (Å²) in [4.78, 5) is 31.5. The Kier molecular flexibility index (Phi) is 7.99. The second-order valence-electron chi connectivity index (χ2n) is 13.7. The molecular formula is C31H46N2O6. The van der Waals surface area contributed by atoms with Crippen molar-refractivity contribution in [2.45, 2.75) is 122 Å². The van der Waals surface area contributed by atoms with Crippen LogP contribution in [0.25, 0.3) is 0 Å². The van der Waals surface area contributed by atoms with Gasteiger partial charge in [-0.1, -0.05) is 32.1 Å². The largest absolute Gasteiger partial charge is 0.444 e. The van der Waals surface area contributed by atoms with E-state index in [2.05, 4.69) is 11.4 Å². The molecule has 39 heavy (non-hydrogen) atoms. The molecule has 0 bridgehead atoms. The predicted molar refractivity (Wildman–Crippen MR) is 146 cm³/mol. The molecule has 1 amide bonds. The van der Waals surface area contributed by atoms with E-state index < -0.39 is 35.1 Å². The number of cyclic esters (lactones) is 1. The standard InChI is InChI=1S/C31H46N2O6/c1-29(2,3)38-28(35)33-26(19-36-15-13-21-8-9-21)31(27(34)37-30(4,5)39-31)18-25-24-17-22(11-10-20-6-7-20)16-23(24)12-14-32-25/h12,14,20-22,26H,6-11,13,15-19H2,1-5H3,(H,33,35)/t22-,26+,31-/m1/s1. The van der Waals surface area contributed by atoms with Crippen molar-refractivity contribution < 1.29 is 28.5 Å². The molecule has 1 saturated heterocycles. The first-order valence-corrected chi connectivity index (χ1v) is 14.9. The van der Waals surface area contributed by atoms with E-state index in [1.165, 1.54) is 49.7 Å². The van der Waals surface area contributed by atoms with Gasteiger partial charge in [-0.25, -0.2) is 9.59 Å². The number of amides is 1. The molecule has 3 fully saturated rings. The maximum Gasteiger partial charge on any atom is 0.408 e. The van der Waals surface area contributed by atoms with Crippen LogP contribution in [0.1, 0.15) is 96.4 Å². The summed E-state index contributed by atoms with van der Waals surface area (Å²) in [5, 5.41) is 2.92. The molecule has 5 rings (SSSR count). The first-order valence-electron chi connectivity index (χ1n) is 14.9. The Hall–Kier alpha value is -2.19. The monoisotopic (exact) mass is 542 g/mol. The van der Waals surface area contributed by atoms with Gasteiger partial charge in [0.25, 0.3) is 0 Å². The Bertz CT molecular complexity index is 1060. The number of aromatic nitrogens is 1. The summed E-state index contributed by atoms with van der Waals surface area (Å²) in [5.41, 5.74) is 1.17. The number of fused-ring (bicyclic) bond motifs is 1. The number of alkyl carbamates (subject to hydrolysis) is 1. The lowest BCUT2D eigenvalue weighted by molar-refractivity contribution is -0.172. The van der Waals surface area contributed by atoms with Gasteiger partial charge >= 0.3 is 12.1 Å². The van der Waals surface area contributed by atoms with Crippen molar-refractivity contribution in [2.75, 3.05) is 13.2 Å². The van der Waals surface area contributed by atoms with Gasteiger partial charge in [0.2, 0.25) is 5.79 Å². The molecule has 0 radical (unpaired) electrons. The molecule has 8 heteroatoms. The molecule has 2 saturated carbocycles. The zero-order valence-corrected chi connectivity index (χ0v) is 24.3. The van der Waals surface area contributed by atoms with Gasteiger partial charge in [-0.05, 0) is 81.4 Å². The Labute approximate surface area is 232 Å². The lowest BCUT2D eigenvalue weighted by Crippen LogP contribution is -2.61. The van der Waals surface area contributed by atoms with Crippen LogP contribution in [0.4, 0.5) is 4.79 Å². The van der Waals surface area contributed by atoms with E-state index in [-0.39, 0.29) is 13.0 Å². The molecule has 0 aromatic carbocycles. The van der Waals surface area contributed by atoms with Crippen molar-refractivity contribution in [1.82, 2.24) is 10.3 Å². The van der Waals surface area contributed by atoms with Gasteiger partial charge in [0, 0.05) is 38.8 Å². The number of esters is 1. The number of nitrogens with zero attached hydrogens (tertiary/aromatic N) is 1. The fraction of sp³-hybridized carbons (Fsp3) is 0.774. The Morgan fingerprint density at radius 2 is 1.79 bits per heavy atom. The molecule has 4 aliphatic rings. The highest BCUT2D eigenvalue weighted by Crippen LogP contribution is 2.42. The fourth-order valence-corrected chi connectivity index (χ4v) is 6.03. The summed E-state index contributed by atoms with van der Waals surface area (Å²) in [5.74, 6) is 0.574. The van der Waals surface area contributed by atoms with Gasteiger partial charge in [0.05, 0.1) is 12.6 Å². The summed E-state index contributed by atoms with van der Waals surface area (Å²) >= 11 is 0. The van der Waals surface area contributed by atoms with Gasteiger partial charge in [0.15, 0.2) is 5.60 Å². The van der Waals surface area contributed by atoms with E-state index in [9.17, 15) is 9.59 Å². The topological polar surface area (TPSA) is 96.0 Å². The molecule has 2 heterocycles. The number of nitrogens with one attached hydrogen (secondary N) is 1. The molecule has 8 nitrogen and oxygen atoms in total. The van der Waals surface area contributed by atoms with Crippen LogP contribution in [0.5, 0.6) is 0 Å². The molecule has 1 aromatic rings. The van der Waals surface area contributed by atoms with Crippen LogP contribution in [0.15, 0.2) is 12.3 Å². The molecule has 0 spiro atoms. The highest BCUT2D eigenvalue weighted by Gasteiger charge is 2.60. The third-order valence-electron chi connectivity index (χ3n) is 8.37. The van der Waals surface area contributed by atoms with Crippen molar-refractivity contribution >= 4 is 12.1 Å². The third kappa shape index (κ3) is 7.31. The number of hydrogen-bond acceptors (Lipinski definition) is 7. The first-order chi connectivity index (χ1) is 18.4. The lowest BCUT2D eigenvalue weighted by atomic mass is 9.87. The molecule has 1 aliphatic heterocycles. The maximum absolute atomic E-state index is 13.7. The van der Waals surface area contributed by atoms with E-state index in [0.29, 0.717) is 18.4 Å². The molecule has 1 N–H and O–H groups in total. The summed E-state index contributed by atoms with van der Waals surface area (Å²) < 4.78 is 23.8. The molecule has 0 unspecified atom stereocenters. The van der Waals surface area contributed by atoms with Crippen LogP contribution in [-0.4, -0.2) is 53.3 Å². The van der Waals surface area contributed by atoms with Crippen LogP contribution < -0.4 is 5.32 Å². The van der Waals surface area contributed by atoms with Gasteiger partial charge in [-0.15, -0.1) is 0 Å². The second-order valence-corrected chi connectivity index (χ2v) is 13.7. The van der Waals surface area contributed by atoms with Crippen LogP contribution in [0.3, 0.4) is 0 Å². The summed E-state index contributed by atoms with van der Waals surface area (Å²) in [6.45, 7) is 9.55. The summed E-state index contributed by atoms with van der Waals surface area (Å²) in [6, 6.07) is 1.29. The lowest BCUT2D eigenvalue weighted by Gasteiger charge is -2.35. The van der Waals surface area contributed by atoms with Crippen LogP contribution in [0, 0.1) is 17.8 Å². The van der Waals surface area contributed by atoms with Gasteiger partial charge in [-0.2, -0.15) is 0 Å². The number of carbonyl (C=O) groups is 2. The molecular weight excluding hydrogens is 496 g/mol. The molecule has 1 aromatic heterocycles. The first kappa shape index (κ1) is 28.3. The fourth-order valence-electron chi connectivity index (χ4n) is 6.03. The third-order valence-corrected chi connectivity index (χ3v) is 8.37. The van der Waals surface area contributed by atoms with Gasteiger partial charge in [-0.3, -0.25) is 4.98 Å². The van der Waals surface area contributed by atoms with Crippen molar-refractivity contribution in [3.05, 3.63) is 29.1 Å². The Balaban J connectivity index is 1.39. The van der Waals surface area contributed by atoms with E-state index in [4.69, 9.17) is 23.9 Å². The van der Waals surface area contributed by atoms with E-state index in [1.807, 2.05) is 27.0 Å². The predicted octanol–water partition coefficient (Wildman–Crippen LogP) is 5.29. The summed E-state index contributed by atoms with van der Waals surface area (Å²) in [6.07, 6.45) is 12.1. The quantitative estimate of drug-likeness (QED) is 0.283. The average molecular weight is 543 g/mol. The van der Waals surface area contributed by atoms with Crippen LogP contribution in [-0.2, 0) is 43.0 Å². The minimum atomic E-state index is -1.49. The minimum Gasteiger partial charge on any atom is -0.444 e. The maximum atomic E-state index is 13.7. The Morgan fingerprint density at radius 1 is 1.10 bits per heavy atom. The van der Waals surface area contributed by atoms with E-state index in [0.717, 1.165) is 30.9 Å². The van der Waals surface area contributed by atoms with E-state index in [1.54, 1.807) is 13.8 Å². The van der Waals surface area contributed by atoms with Gasteiger partial charge in [0.1, 0.15) is 5.60 Å². The van der Waals surface area contributed by atoms with E-state index >= 15 is 0 Å². The highest BCUT2D eigenvalue weighted by atomic mass is 16.8. The van der Waals surface area contributed by atoms with Crippen LogP contribution in [0.2, 0.25) is 0 Å². The number of pyridine rings is 1. The van der Waals surface area contributed by atoms with Gasteiger partial charge < -0.3 is 24.3 Å². The minimum absolute atomic E-state index is 0.107. The van der Waals surface area contributed by atoms with Crippen molar-refractivity contribution in [1.29, 1.82) is 0 Å². The molecule has 216 valence electrons. The zero-order chi connectivity index (χ0) is 27.8. The Morgan fingerprint density at radius 3 is 2.44 bits per heavy atom. The molecule has 3 atom stereocenters. The second kappa shape index (κ2) is 11.0. The van der Waals surface area contributed by atoms with Crippen LogP contribution >= 0.6 is 0 Å². The molecule has 3 aliphatic carbocycles. The number of rotatable bonds is 12. The number of hydrogen-bond donors (Lipinski definition) is 1. The average Bonchev–Trinajstić information content (AvgIpc) is 3.75.